The first-order valence-corrected chi connectivity index (χ1v) is 5.80. The Morgan fingerprint density at radius 2 is 2.16 bits per heavy atom. The largest absolute Gasteiger partial charge is 0.508 e. The van der Waals surface area contributed by atoms with E-state index in [1.165, 1.54) is 11.2 Å². The van der Waals surface area contributed by atoms with Gasteiger partial charge < -0.3 is 5.11 Å². The van der Waals surface area contributed by atoms with Gasteiger partial charge in [-0.25, -0.2) is 15.0 Å². The predicted octanol–water partition coefficient (Wildman–Crippen LogP) is 0.918. The van der Waals surface area contributed by atoms with Gasteiger partial charge in [0.15, 0.2) is 5.71 Å². The molecule has 0 aromatic heterocycles. The van der Waals surface area contributed by atoms with Crippen LogP contribution in [0.1, 0.15) is 12.5 Å². The molecule has 1 N–H and O–H groups in total. The van der Waals surface area contributed by atoms with Crippen LogP contribution in [0.5, 0.6) is 5.75 Å². The Balaban J connectivity index is 2.25. The van der Waals surface area contributed by atoms with Crippen molar-refractivity contribution in [3.8, 4) is 5.75 Å². The molecule has 1 unspecified atom stereocenters. The van der Waals surface area contributed by atoms with Crippen LogP contribution in [0.15, 0.2) is 39.2 Å². The normalized spacial score (nSPS) is 25.2. The summed E-state index contributed by atoms with van der Waals surface area (Å²) in [5.74, 6) is 0.437. The molecule has 6 nitrogen and oxygen atoms in total. The van der Waals surface area contributed by atoms with Crippen LogP contribution < -0.4 is 0 Å². The molecular weight excluding hydrogens is 244 g/mol. The van der Waals surface area contributed by atoms with Gasteiger partial charge in [-0.05, 0) is 19.1 Å². The van der Waals surface area contributed by atoms with Crippen molar-refractivity contribution < 1.29 is 9.90 Å². The monoisotopic (exact) mass is 256 g/mol. The Labute approximate surface area is 109 Å². The van der Waals surface area contributed by atoms with E-state index < -0.39 is 5.66 Å². The number of carbonyl (C=O) groups is 1. The molecule has 0 aliphatic carbocycles. The third-order valence-electron chi connectivity index (χ3n) is 3.33. The van der Waals surface area contributed by atoms with Crippen LogP contribution in [0.25, 0.3) is 0 Å². The van der Waals surface area contributed by atoms with Crippen molar-refractivity contribution in [2.75, 3.05) is 7.05 Å². The number of benzene rings is 1. The molecular formula is C13H12N4O2. The van der Waals surface area contributed by atoms with Crippen molar-refractivity contribution in [2.24, 2.45) is 15.0 Å². The number of carbonyl (C=O) groups excluding carboxylic acids is 1. The van der Waals surface area contributed by atoms with E-state index in [0.717, 1.165) is 0 Å². The van der Waals surface area contributed by atoms with Gasteiger partial charge in [-0.3, -0.25) is 9.69 Å². The number of fused-ring (bicyclic) bond motifs is 1. The van der Waals surface area contributed by atoms with E-state index in [1.54, 1.807) is 38.2 Å². The van der Waals surface area contributed by atoms with E-state index in [1.807, 2.05) is 0 Å². The first-order chi connectivity index (χ1) is 9.04. The van der Waals surface area contributed by atoms with Crippen LogP contribution in [-0.2, 0) is 10.5 Å². The Bertz CT molecular complexity index is 662. The van der Waals surface area contributed by atoms with Gasteiger partial charge in [-0.15, -0.1) is 0 Å². The lowest BCUT2D eigenvalue weighted by Gasteiger charge is -2.32. The first kappa shape index (κ1) is 11.6. The summed E-state index contributed by atoms with van der Waals surface area (Å²) in [5, 5.41) is 9.61. The number of hydrogen-bond acceptors (Lipinski definition) is 5. The zero-order valence-electron chi connectivity index (χ0n) is 10.5. The molecule has 0 radical (unpaired) electrons. The standard InChI is InChI=1S/C13H12N4O2/c1-8-16-13(9-4-3-5-10(18)6-9)11(14-7-15-13)12(19)17(8)2/h3-7,18H,1-2H3. The average molecular weight is 256 g/mol. The molecule has 2 aliphatic heterocycles. The maximum Gasteiger partial charge on any atom is 0.278 e. The van der Waals surface area contributed by atoms with Gasteiger partial charge in [-0.1, -0.05) is 12.1 Å². The highest BCUT2D eigenvalue weighted by molar-refractivity contribution is 6.47. The third-order valence-corrected chi connectivity index (χ3v) is 3.33. The summed E-state index contributed by atoms with van der Waals surface area (Å²) in [5.41, 5.74) is -0.265. The van der Waals surface area contributed by atoms with Crippen LogP contribution in [-0.4, -0.2) is 40.8 Å². The van der Waals surface area contributed by atoms with E-state index in [9.17, 15) is 9.90 Å². The number of phenols is 1. The van der Waals surface area contributed by atoms with Crippen molar-refractivity contribution in [2.45, 2.75) is 12.6 Å². The molecule has 0 saturated heterocycles. The minimum absolute atomic E-state index is 0.104. The Hall–Kier alpha value is -2.50. The van der Waals surface area contributed by atoms with Crippen molar-refractivity contribution in [3.63, 3.8) is 0 Å². The van der Waals surface area contributed by atoms with E-state index in [-0.39, 0.29) is 17.4 Å². The van der Waals surface area contributed by atoms with Gasteiger partial charge >= 0.3 is 0 Å². The van der Waals surface area contributed by atoms with Crippen LogP contribution >= 0.6 is 0 Å². The molecule has 96 valence electrons. The van der Waals surface area contributed by atoms with Gasteiger partial charge in [0.2, 0.25) is 5.66 Å². The number of aliphatic imine (C=N–C) groups is 3. The van der Waals surface area contributed by atoms with Gasteiger partial charge in [-0.2, -0.15) is 0 Å². The second-order valence-electron chi connectivity index (χ2n) is 4.47. The fourth-order valence-corrected chi connectivity index (χ4v) is 2.22. The third kappa shape index (κ3) is 1.49. The van der Waals surface area contributed by atoms with Gasteiger partial charge in [0.05, 0.1) is 0 Å². The zero-order valence-corrected chi connectivity index (χ0v) is 10.5. The summed E-state index contributed by atoms with van der Waals surface area (Å²) in [6.45, 7) is 1.74. The van der Waals surface area contributed by atoms with Crippen molar-refractivity contribution in [1.82, 2.24) is 4.90 Å². The lowest BCUT2D eigenvalue weighted by Crippen LogP contribution is -2.50. The van der Waals surface area contributed by atoms with Crippen molar-refractivity contribution >= 4 is 23.8 Å². The second kappa shape index (κ2) is 3.74. The number of phenolic OH excluding ortho intramolecular Hbond substituents is 1. The first-order valence-electron chi connectivity index (χ1n) is 5.80. The number of amides is 1. The van der Waals surface area contributed by atoms with Crippen LogP contribution in [0.3, 0.4) is 0 Å². The maximum atomic E-state index is 12.3. The highest BCUT2D eigenvalue weighted by atomic mass is 16.3. The van der Waals surface area contributed by atoms with Gasteiger partial charge in [0.1, 0.15) is 17.9 Å². The van der Waals surface area contributed by atoms with Crippen molar-refractivity contribution in [1.29, 1.82) is 0 Å². The molecule has 1 atom stereocenters. The Morgan fingerprint density at radius 3 is 2.89 bits per heavy atom. The average Bonchev–Trinajstić information content (AvgIpc) is 2.81. The maximum absolute atomic E-state index is 12.3. The van der Waals surface area contributed by atoms with Crippen LogP contribution in [0, 0.1) is 0 Å². The molecule has 6 heteroatoms. The fourth-order valence-electron chi connectivity index (χ4n) is 2.22. The minimum atomic E-state index is -1.15. The molecule has 1 aromatic rings. The summed E-state index contributed by atoms with van der Waals surface area (Å²) in [4.78, 5) is 26.5. The van der Waals surface area contributed by atoms with Crippen LogP contribution in [0.4, 0.5) is 0 Å². The van der Waals surface area contributed by atoms with E-state index in [0.29, 0.717) is 11.4 Å². The lowest BCUT2D eigenvalue weighted by atomic mass is 9.93. The molecule has 1 aromatic carbocycles. The molecule has 1 amide bonds. The smallest absolute Gasteiger partial charge is 0.278 e. The van der Waals surface area contributed by atoms with E-state index in [4.69, 9.17) is 0 Å². The summed E-state index contributed by atoms with van der Waals surface area (Å²) in [7, 11) is 1.65. The molecule has 2 aliphatic rings. The topological polar surface area (TPSA) is 77.6 Å². The predicted molar refractivity (Wildman–Crippen MR) is 71.6 cm³/mol. The summed E-state index contributed by atoms with van der Waals surface area (Å²) >= 11 is 0. The van der Waals surface area contributed by atoms with E-state index >= 15 is 0 Å². The van der Waals surface area contributed by atoms with E-state index in [2.05, 4.69) is 15.0 Å². The zero-order chi connectivity index (χ0) is 13.6. The summed E-state index contributed by atoms with van der Waals surface area (Å²) in [6.07, 6.45) is 1.34. The molecule has 2 heterocycles. The SMILES string of the molecule is CC1=NC2(c3cccc(O)c3)N=CN=C2C(=O)N1C. The summed E-state index contributed by atoms with van der Waals surface area (Å²) < 4.78 is 0. The number of rotatable bonds is 1. The molecule has 0 spiro atoms. The van der Waals surface area contributed by atoms with Gasteiger partial charge in [0.25, 0.3) is 5.91 Å². The second-order valence-corrected chi connectivity index (χ2v) is 4.47. The quantitative estimate of drug-likeness (QED) is 0.811. The molecule has 19 heavy (non-hydrogen) atoms. The molecule has 0 bridgehead atoms. The molecule has 3 rings (SSSR count). The number of hydrogen-bond donors (Lipinski definition) is 1. The van der Waals surface area contributed by atoms with Gasteiger partial charge in [0, 0.05) is 12.6 Å². The highest BCUT2D eigenvalue weighted by Gasteiger charge is 2.48. The number of nitrogens with zero attached hydrogens (tertiary/aromatic N) is 4. The molecule has 0 saturated carbocycles. The Kier molecular flexibility index (Phi) is 2.28. The number of amidine groups is 1. The Morgan fingerprint density at radius 1 is 1.37 bits per heavy atom. The fraction of sp³-hybridized carbons (Fsp3) is 0.231. The number of aromatic hydroxyl groups is 1. The van der Waals surface area contributed by atoms with Crippen LogP contribution in [0.2, 0.25) is 0 Å². The minimum Gasteiger partial charge on any atom is -0.508 e. The lowest BCUT2D eigenvalue weighted by molar-refractivity contribution is -0.120. The highest BCUT2D eigenvalue weighted by Crippen LogP contribution is 2.36. The summed E-state index contributed by atoms with van der Waals surface area (Å²) in [6, 6.07) is 6.57. The molecule has 0 fully saturated rings. The van der Waals surface area contributed by atoms with Crippen molar-refractivity contribution in [3.05, 3.63) is 29.8 Å².